The summed E-state index contributed by atoms with van der Waals surface area (Å²) in [6, 6.07) is 15.9. The van der Waals surface area contributed by atoms with Gasteiger partial charge in [0.2, 0.25) is 5.91 Å². The second-order valence-corrected chi connectivity index (χ2v) is 8.15. The molecule has 4 rings (SSSR count). The van der Waals surface area contributed by atoms with E-state index in [0.29, 0.717) is 0 Å². The van der Waals surface area contributed by atoms with Crippen molar-refractivity contribution in [2.75, 3.05) is 26.2 Å². The zero-order valence-corrected chi connectivity index (χ0v) is 17.2. The number of hydrogen-bond acceptors (Lipinski definition) is 6. The molecular formula is C23H24N2O7. The molecule has 0 spiro atoms. The lowest BCUT2D eigenvalue weighted by atomic mass is 9.94. The summed E-state index contributed by atoms with van der Waals surface area (Å²) >= 11 is 0. The summed E-state index contributed by atoms with van der Waals surface area (Å²) in [5.74, 6) is -1.98. The number of likely N-dealkylation sites (tertiary alicyclic amines) is 1. The van der Waals surface area contributed by atoms with Gasteiger partial charge >= 0.3 is 12.1 Å². The van der Waals surface area contributed by atoms with Crippen molar-refractivity contribution in [2.45, 2.75) is 24.0 Å². The summed E-state index contributed by atoms with van der Waals surface area (Å²) < 4.78 is 5.37. The van der Waals surface area contributed by atoms with Gasteiger partial charge in [-0.25, -0.2) is 9.59 Å². The maximum Gasteiger partial charge on any atom is 0.407 e. The number of carbonyl (C=O) groups excluding carboxylic acids is 2. The minimum atomic E-state index is -1.93. The van der Waals surface area contributed by atoms with E-state index < -0.39 is 29.7 Å². The zero-order chi connectivity index (χ0) is 22.9. The molecule has 9 nitrogen and oxygen atoms in total. The number of fused-ring (bicyclic) bond motifs is 3. The number of aliphatic hydroxyl groups excluding tert-OH is 1. The predicted molar refractivity (Wildman–Crippen MR) is 113 cm³/mol. The van der Waals surface area contributed by atoms with Gasteiger partial charge in [-0.2, -0.15) is 0 Å². The monoisotopic (exact) mass is 440 g/mol. The van der Waals surface area contributed by atoms with Gasteiger partial charge < -0.3 is 30.3 Å². The number of carbonyl (C=O) groups is 3. The lowest BCUT2D eigenvalue weighted by Crippen LogP contribution is -2.67. The molecule has 2 aliphatic rings. The van der Waals surface area contributed by atoms with Gasteiger partial charge in [0, 0.05) is 12.5 Å². The summed E-state index contributed by atoms with van der Waals surface area (Å²) in [7, 11) is 0. The Hall–Kier alpha value is -3.43. The largest absolute Gasteiger partial charge is 0.479 e. The number of carboxylic acids is 1. The highest BCUT2D eigenvalue weighted by Crippen LogP contribution is 2.44. The van der Waals surface area contributed by atoms with E-state index in [9.17, 15) is 24.6 Å². The maximum absolute atomic E-state index is 12.1. The minimum Gasteiger partial charge on any atom is -0.479 e. The van der Waals surface area contributed by atoms with E-state index in [4.69, 9.17) is 9.84 Å². The Kier molecular flexibility index (Phi) is 5.86. The summed E-state index contributed by atoms with van der Waals surface area (Å²) in [5.41, 5.74) is 2.48. The quantitative estimate of drug-likeness (QED) is 0.503. The number of nitrogens with zero attached hydrogens (tertiary/aromatic N) is 1. The van der Waals surface area contributed by atoms with Gasteiger partial charge in [0.15, 0.2) is 5.60 Å². The van der Waals surface area contributed by atoms with Crippen LogP contribution < -0.4 is 5.32 Å². The maximum atomic E-state index is 12.1. The van der Waals surface area contributed by atoms with Crippen molar-refractivity contribution in [2.24, 2.45) is 0 Å². The lowest BCUT2D eigenvalue weighted by Gasteiger charge is -2.43. The highest BCUT2D eigenvalue weighted by Gasteiger charge is 2.50. The fraction of sp³-hybridized carbons (Fsp3) is 0.348. The molecule has 9 heteroatoms. The Balaban J connectivity index is 1.24. The summed E-state index contributed by atoms with van der Waals surface area (Å²) in [6.45, 7) is -0.711. The molecule has 4 N–H and O–H groups in total. The lowest BCUT2D eigenvalue weighted by molar-refractivity contribution is -0.182. The van der Waals surface area contributed by atoms with Crippen molar-refractivity contribution in [3.05, 3.63) is 59.7 Å². The molecule has 2 amide bonds. The second kappa shape index (κ2) is 8.60. The van der Waals surface area contributed by atoms with E-state index >= 15 is 0 Å². The first kappa shape index (κ1) is 21.8. The van der Waals surface area contributed by atoms with Gasteiger partial charge in [-0.3, -0.25) is 4.79 Å². The molecule has 0 saturated carbocycles. The molecule has 168 valence electrons. The normalized spacial score (nSPS) is 17.0. The predicted octanol–water partition coefficient (Wildman–Crippen LogP) is 0.934. The number of rotatable bonds is 7. The van der Waals surface area contributed by atoms with Gasteiger partial charge in [0.05, 0.1) is 25.6 Å². The van der Waals surface area contributed by atoms with Gasteiger partial charge in [0.25, 0.3) is 0 Å². The highest BCUT2D eigenvalue weighted by molar-refractivity contribution is 5.85. The molecule has 2 aromatic carbocycles. The minimum absolute atomic E-state index is 0.0842. The van der Waals surface area contributed by atoms with Crippen molar-refractivity contribution in [3.63, 3.8) is 0 Å². The molecule has 1 fully saturated rings. The van der Waals surface area contributed by atoms with E-state index in [0.717, 1.165) is 27.2 Å². The van der Waals surface area contributed by atoms with Crippen LogP contribution in [-0.4, -0.2) is 76.1 Å². The van der Waals surface area contributed by atoms with Gasteiger partial charge in [-0.05, 0) is 22.3 Å². The molecule has 1 atom stereocenters. The third kappa shape index (κ3) is 4.17. The Morgan fingerprint density at radius 1 is 1.06 bits per heavy atom. The van der Waals surface area contributed by atoms with Crippen molar-refractivity contribution >= 4 is 18.0 Å². The number of benzene rings is 2. The molecule has 1 unspecified atom stereocenters. The molecule has 0 aromatic heterocycles. The average molecular weight is 440 g/mol. The van der Waals surface area contributed by atoms with Crippen LogP contribution in [-0.2, 0) is 14.3 Å². The fourth-order valence-corrected chi connectivity index (χ4v) is 4.15. The number of alkyl carbamates (subject to hydrolysis) is 1. The summed E-state index contributed by atoms with van der Waals surface area (Å²) in [5, 5.41) is 31.0. The number of amides is 2. The van der Waals surface area contributed by atoms with Gasteiger partial charge in [0.1, 0.15) is 6.61 Å². The number of hydrogen-bond donors (Lipinski definition) is 4. The van der Waals surface area contributed by atoms with Crippen LogP contribution in [0.15, 0.2) is 48.5 Å². The Labute approximate surface area is 184 Å². The van der Waals surface area contributed by atoms with Crippen LogP contribution in [0.25, 0.3) is 11.1 Å². The molecule has 1 aliphatic heterocycles. The molecule has 32 heavy (non-hydrogen) atoms. The third-order valence-corrected chi connectivity index (χ3v) is 5.89. The van der Waals surface area contributed by atoms with Crippen LogP contribution in [0.2, 0.25) is 0 Å². The van der Waals surface area contributed by atoms with Crippen LogP contribution >= 0.6 is 0 Å². The Bertz CT molecular complexity index is 1000. The van der Waals surface area contributed by atoms with E-state index in [1.807, 2.05) is 48.5 Å². The van der Waals surface area contributed by atoms with Crippen LogP contribution in [0, 0.1) is 0 Å². The van der Waals surface area contributed by atoms with Crippen molar-refractivity contribution in [1.82, 2.24) is 10.2 Å². The highest BCUT2D eigenvalue weighted by atomic mass is 16.5. The van der Waals surface area contributed by atoms with Crippen LogP contribution in [0.4, 0.5) is 4.79 Å². The van der Waals surface area contributed by atoms with E-state index in [2.05, 4.69) is 5.32 Å². The fourth-order valence-electron chi connectivity index (χ4n) is 4.15. The first-order valence-corrected chi connectivity index (χ1v) is 10.3. The van der Waals surface area contributed by atoms with Crippen molar-refractivity contribution in [1.29, 1.82) is 0 Å². The van der Waals surface area contributed by atoms with Crippen molar-refractivity contribution in [3.8, 4) is 11.1 Å². The molecule has 1 aliphatic carbocycles. The summed E-state index contributed by atoms with van der Waals surface area (Å²) in [6.07, 6.45) is -2.18. The van der Waals surface area contributed by atoms with Gasteiger partial charge in [-0.15, -0.1) is 0 Å². The van der Waals surface area contributed by atoms with E-state index in [1.54, 1.807) is 0 Å². The zero-order valence-electron chi connectivity index (χ0n) is 17.2. The molecule has 0 bridgehead atoms. The molecule has 2 aromatic rings. The molecule has 1 saturated heterocycles. The van der Waals surface area contributed by atoms with Crippen LogP contribution in [0.5, 0.6) is 0 Å². The van der Waals surface area contributed by atoms with Crippen LogP contribution in [0.1, 0.15) is 23.5 Å². The van der Waals surface area contributed by atoms with Crippen molar-refractivity contribution < 1.29 is 34.4 Å². The number of nitrogens with one attached hydrogen (secondary N) is 1. The van der Waals surface area contributed by atoms with Crippen LogP contribution in [0.3, 0.4) is 0 Å². The standard InChI is InChI=1S/C23H24N2O7/c26-14(9-20(27)25-12-23(31,13-25)21(28)29)10-24-22(30)32-11-19-17-7-3-1-5-15(17)16-6-2-4-8-18(16)19/h1-8,14,19,26,31H,9-13H2,(H,24,30)(H,28,29). The van der Waals surface area contributed by atoms with Gasteiger partial charge in [-0.1, -0.05) is 48.5 Å². The smallest absolute Gasteiger partial charge is 0.407 e. The Morgan fingerprint density at radius 2 is 1.62 bits per heavy atom. The number of β-amino-alcohol motifs (C(OH)–C–C–N with tert-alkyl or cyclic N) is 1. The second-order valence-electron chi connectivity index (χ2n) is 8.15. The number of aliphatic hydroxyl groups is 2. The SMILES string of the molecule is O=C(NCC(O)CC(=O)N1CC(O)(C(=O)O)C1)OCC1c2ccccc2-c2ccccc21. The first-order valence-electron chi connectivity index (χ1n) is 10.3. The molecule has 0 radical (unpaired) electrons. The van der Waals surface area contributed by atoms with E-state index in [-0.39, 0.29) is 38.6 Å². The Morgan fingerprint density at radius 3 is 2.19 bits per heavy atom. The topological polar surface area (TPSA) is 136 Å². The first-order chi connectivity index (χ1) is 15.3. The average Bonchev–Trinajstić information content (AvgIpc) is 3.07. The summed E-state index contributed by atoms with van der Waals surface area (Å²) in [4.78, 5) is 36.2. The molecule has 1 heterocycles. The van der Waals surface area contributed by atoms with E-state index in [1.165, 1.54) is 0 Å². The number of carboxylic acid groups (broad SMARTS) is 1. The molecular weight excluding hydrogens is 416 g/mol. The third-order valence-electron chi connectivity index (χ3n) is 5.89. The number of aliphatic carboxylic acids is 1. The number of ether oxygens (including phenoxy) is 1.